The molecule has 0 spiro atoms. The molecule has 2 heteroatoms. The van der Waals surface area contributed by atoms with E-state index in [0.717, 1.165) is 19.5 Å². The number of hydrogen-bond acceptors (Lipinski definition) is 1. The van der Waals surface area contributed by atoms with Crippen LogP contribution < -0.4 is 0 Å². The Balaban J connectivity index is 2.38. The molecule has 2 aromatic carbocycles. The average Bonchev–Trinajstić information content (AvgIpc) is 2.50. The number of alkyl halides is 1. The van der Waals surface area contributed by atoms with Gasteiger partial charge in [-0.1, -0.05) is 67.6 Å². The van der Waals surface area contributed by atoms with E-state index in [0.29, 0.717) is 5.88 Å². The van der Waals surface area contributed by atoms with Gasteiger partial charge >= 0.3 is 0 Å². The minimum Gasteiger partial charge on any atom is -0.291 e. The van der Waals surface area contributed by atoms with Gasteiger partial charge in [0.05, 0.1) is 6.04 Å². The molecule has 0 N–H and O–H groups in total. The first kappa shape index (κ1) is 15.1. The van der Waals surface area contributed by atoms with Crippen molar-refractivity contribution in [2.24, 2.45) is 0 Å². The lowest BCUT2D eigenvalue weighted by molar-refractivity contribution is 0.239. The number of hydrogen-bond donors (Lipinski definition) is 0. The van der Waals surface area contributed by atoms with Crippen LogP contribution >= 0.6 is 11.6 Å². The Hall–Kier alpha value is -1.31. The number of rotatable bonds is 7. The Morgan fingerprint density at radius 2 is 1.35 bits per heavy atom. The second-order valence-corrected chi connectivity index (χ2v) is 5.33. The van der Waals surface area contributed by atoms with Crippen LogP contribution in [0.1, 0.15) is 30.5 Å². The van der Waals surface area contributed by atoms with Crippen molar-refractivity contribution in [3.63, 3.8) is 0 Å². The Morgan fingerprint density at radius 1 is 0.850 bits per heavy atom. The van der Waals surface area contributed by atoms with E-state index in [4.69, 9.17) is 11.6 Å². The molecule has 0 radical (unpaired) electrons. The average molecular weight is 288 g/mol. The van der Waals surface area contributed by atoms with Gasteiger partial charge in [-0.05, 0) is 24.1 Å². The fourth-order valence-electron chi connectivity index (χ4n) is 2.65. The van der Waals surface area contributed by atoms with Crippen LogP contribution in [0.5, 0.6) is 0 Å². The summed E-state index contributed by atoms with van der Waals surface area (Å²) in [5.74, 6) is 0.663. The van der Waals surface area contributed by atoms with Gasteiger partial charge in [-0.2, -0.15) is 0 Å². The van der Waals surface area contributed by atoms with Crippen LogP contribution in [0.25, 0.3) is 0 Å². The highest BCUT2D eigenvalue weighted by atomic mass is 35.5. The summed E-state index contributed by atoms with van der Waals surface area (Å²) in [7, 11) is 0. The molecular weight excluding hydrogens is 266 g/mol. The van der Waals surface area contributed by atoms with Gasteiger partial charge in [0.2, 0.25) is 0 Å². The van der Waals surface area contributed by atoms with E-state index in [1.807, 2.05) is 0 Å². The molecule has 0 aromatic heterocycles. The molecule has 2 rings (SSSR count). The molecule has 0 aliphatic carbocycles. The Morgan fingerprint density at radius 3 is 1.75 bits per heavy atom. The van der Waals surface area contributed by atoms with Crippen molar-refractivity contribution in [3.8, 4) is 0 Å². The van der Waals surface area contributed by atoms with E-state index in [9.17, 15) is 0 Å². The fraction of sp³-hybridized carbons (Fsp3) is 0.333. The van der Waals surface area contributed by atoms with Crippen molar-refractivity contribution < 1.29 is 0 Å². The summed E-state index contributed by atoms with van der Waals surface area (Å²) in [6.45, 7) is 4.18. The third kappa shape index (κ3) is 3.84. The molecule has 0 unspecified atom stereocenters. The second kappa shape index (κ2) is 8.08. The third-order valence-electron chi connectivity index (χ3n) is 3.48. The first-order chi connectivity index (χ1) is 9.86. The molecule has 1 nitrogen and oxygen atoms in total. The van der Waals surface area contributed by atoms with Crippen molar-refractivity contribution >= 4 is 11.6 Å². The summed E-state index contributed by atoms with van der Waals surface area (Å²) < 4.78 is 0. The minimum atomic E-state index is 0.288. The second-order valence-electron chi connectivity index (χ2n) is 4.95. The van der Waals surface area contributed by atoms with Crippen LogP contribution in [-0.2, 0) is 0 Å². The van der Waals surface area contributed by atoms with E-state index < -0.39 is 0 Å². The van der Waals surface area contributed by atoms with Gasteiger partial charge in [0, 0.05) is 12.4 Å². The van der Waals surface area contributed by atoms with Crippen molar-refractivity contribution in [2.75, 3.05) is 19.0 Å². The summed E-state index contributed by atoms with van der Waals surface area (Å²) in [4.78, 5) is 2.47. The summed E-state index contributed by atoms with van der Waals surface area (Å²) in [5, 5.41) is 0. The van der Waals surface area contributed by atoms with Gasteiger partial charge in [0.25, 0.3) is 0 Å². The Bertz CT molecular complexity index is 438. The normalized spacial score (nSPS) is 11.2. The van der Waals surface area contributed by atoms with Crippen molar-refractivity contribution in [2.45, 2.75) is 19.4 Å². The number of nitrogens with zero attached hydrogens (tertiary/aromatic N) is 1. The third-order valence-corrected chi connectivity index (χ3v) is 3.65. The maximum absolute atomic E-state index is 6.01. The minimum absolute atomic E-state index is 0.288. The lowest BCUT2D eigenvalue weighted by Crippen LogP contribution is -2.32. The molecule has 0 bridgehead atoms. The first-order valence-electron chi connectivity index (χ1n) is 7.26. The van der Waals surface area contributed by atoms with Gasteiger partial charge in [-0.15, -0.1) is 11.6 Å². The Kier molecular flexibility index (Phi) is 6.10. The van der Waals surface area contributed by atoms with Gasteiger partial charge in [-0.25, -0.2) is 0 Å². The number of benzene rings is 2. The molecule has 0 saturated heterocycles. The van der Waals surface area contributed by atoms with Crippen LogP contribution in [-0.4, -0.2) is 23.9 Å². The predicted octanol–water partition coefficient (Wildman–Crippen LogP) is 4.73. The smallest absolute Gasteiger partial charge is 0.0602 e. The summed E-state index contributed by atoms with van der Waals surface area (Å²) in [5.41, 5.74) is 2.66. The van der Waals surface area contributed by atoms with E-state index in [2.05, 4.69) is 72.5 Å². The molecule has 20 heavy (non-hydrogen) atoms. The molecule has 2 aromatic rings. The highest BCUT2D eigenvalue weighted by molar-refractivity contribution is 6.18. The highest BCUT2D eigenvalue weighted by Crippen LogP contribution is 2.28. The monoisotopic (exact) mass is 287 g/mol. The molecule has 0 aliphatic rings. The van der Waals surface area contributed by atoms with Gasteiger partial charge < -0.3 is 0 Å². The van der Waals surface area contributed by atoms with Crippen molar-refractivity contribution in [3.05, 3.63) is 71.8 Å². The summed E-state index contributed by atoms with van der Waals surface area (Å²) in [6, 6.07) is 21.7. The highest BCUT2D eigenvalue weighted by Gasteiger charge is 2.20. The molecule has 0 heterocycles. The largest absolute Gasteiger partial charge is 0.291 e. The SMILES string of the molecule is CCCN(CCCl)C(c1ccccc1)c1ccccc1. The molecule has 0 saturated carbocycles. The molecule has 0 atom stereocenters. The zero-order valence-corrected chi connectivity index (χ0v) is 12.8. The zero-order chi connectivity index (χ0) is 14.2. The standard InChI is InChI=1S/C18H22ClN/c1-2-14-20(15-13-19)18(16-9-5-3-6-10-16)17-11-7-4-8-12-17/h3-12,18H,2,13-15H2,1H3. The van der Waals surface area contributed by atoms with E-state index in [1.54, 1.807) is 0 Å². The molecule has 0 amide bonds. The van der Waals surface area contributed by atoms with Gasteiger partial charge in [0.1, 0.15) is 0 Å². The quantitative estimate of drug-likeness (QED) is 0.666. The lowest BCUT2D eigenvalue weighted by atomic mass is 9.97. The maximum Gasteiger partial charge on any atom is 0.0602 e. The van der Waals surface area contributed by atoms with Crippen LogP contribution in [0, 0.1) is 0 Å². The topological polar surface area (TPSA) is 3.24 Å². The molecule has 0 aliphatic heterocycles. The van der Waals surface area contributed by atoms with Crippen LogP contribution in [0.3, 0.4) is 0 Å². The van der Waals surface area contributed by atoms with Gasteiger partial charge in [-0.3, -0.25) is 4.90 Å². The zero-order valence-electron chi connectivity index (χ0n) is 12.0. The lowest BCUT2D eigenvalue weighted by Gasteiger charge is -2.32. The first-order valence-corrected chi connectivity index (χ1v) is 7.80. The van der Waals surface area contributed by atoms with E-state index >= 15 is 0 Å². The van der Waals surface area contributed by atoms with Crippen LogP contribution in [0.4, 0.5) is 0 Å². The van der Waals surface area contributed by atoms with E-state index in [-0.39, 0.29) is 6.04 Å². The predicted molar refractivity (Wildman–Crippen MR) is 87.3 cm³/mol. The molecule has 0 fully saturated rings. The Labute approximate surface area is 127 Å². The van der Waals surface area contributed by atoms with Crippen LogP contribution in [0.15, 0.2) is 60.7 Å². The summed E-state index contributed by atoms with van der Waals surface area (Å²) in [6.07, 6.45) is 1.13. The molecular formula is C18H22ClN. The number of halogens is 1. The van der Waals surface area contributed by atoms with E-state index in [1.165, 1.54) is 11.1 Å². The van der Waals surface area contributed by atoms with Crippen molar-refractivity contribution in [1.29, 1.82) is 0 Å². The molecule has 106 valence electrons. The van der Waals surface area contributed by atoms with Gasteiger partial charge in [0.15, 0.2) is 0 Å². The van der Waals surface area contributed by atoms with Crippen LogP contribution in [0.2, 0.25) is 0 Å². The van der Waals surface area contributed by atoms with Crippen molar-refractivity contribution in [1.82, 2.24) is 4.90 Å². The summed E-state index contributed by atoms with van der Waals surface area (Å²) >= 11 is 6.01. The fourth-order valence-corrected chi connectivity index (χ4v) is 2.87. The maximum atomic E-state index is 6.01.